The van der Waals surface area contributed by atoms with E-state index in [0.717, 1.165) is 14.6 Å². The zero-order chi connectivity index (χ0) is 11.7. The number of rotatable bonds is 3. The Labute approximate surface area is 124 Å². The number of hydrogen-bond acceptors (Lipinski definition) is 3. The van der Waals surface area contributed by atoms with E-state index >= 15 is 0 Å². The summed E-state index contributed by atoms with van der Waals surface area (Å²) in [6.07, 6.45) is 0. The highest BCUT2D eigenvalue weighted by Gasteiger charge is 2.17. The quantitative estimate of drug-likeness (QED) is 0.597. The molecular weight excluding hydrogens is 396 g/mol. The van der Waals surface area contributed by atoms with E-state index in [-0.39, 0.29) is 4.83 Å². The summed E-state index contributed by atoms with van der Waals surface area (Å²) < 4.78 is 6.14. The molecule has 1 unspecified atom stereocenters. The summed E-state index contributed by atoms with van der Waals surface area (Å²) in [6, 6.07) is 4.01. The summed E-state index contributed by atoms with van der Waals surface area (Å²) in [6.45, 7) is 0. The van der Waals surface area contributed by atoms with Crippen LogP contribution in [0.2, 0.25) is 5.02 Å². The van der Waals surface area contributed by atoms with Crippen molar-refractivity contribution in [2.24, 2.45) is 0 Å². The van der Waals surface area contributed by atoms with Crippen molar-refractivity contribution >= 4 is 66.1 Å². The Bertz CT molecular complexity index is 475. The van der Waals surface area contributed by atoms with E-state index in [1.54, 1.807) is 29.8 Å². The molecular formula is C10H7Br2ClOS2. The molecule has 0 saturated carbocycles. The molecule has 2 rings (SSSR count). The van der Waals surface area contributed by atoms with Gasteiger partial charge in [0.25, 0.3) is 0 Å². The highest BCUT2D eigenvalue weighted by Crippen LogP contribution is 2.43. The lowest BCUT2D eigenvalue weighted by Crippen LogP contribution is -1.84. The fourth-order valence-corrected chi connectivity index (χ4v) is 4.74. The first-order valence-electron chi connectivity index (χ1n) is 4.33. The monoisotopic (exact) mass is 400 g/mol. The van der Waals surface area contributed by atoms with Gasteiger partial charge in [-0.05, 0) is 28.1 Å². The third-order valence-electron chi connectivity index (χ3n) is 2.00. The van der Waals surface area contributed by atoms with Gasteiger partial charge in [-0.25, -0.2) is 0 Å². The molecule has 2 heterocycles. The van der Waals surface area contributed by atoms with Gasteiger partial charge in [0.15, 0.2) is 0 Å². The van der Waals surface area contributed by atoms with Gasteiger partial charge in [-0.15, -0.1) is 22.7 Å². The van der Waals surface area contributed by atoms with Crippen molar-refractivity contribution in [2.45, 2.75) is 4.83 Å². The van der Waals surface area contributed by atoms with E-state index in [1.165, 1.54) is 9.75 Å². The molecule has 86 valence electrons. The summed E-state index contributed by atoms with van der Waals surface area (Å²) in [4.78, 5) is 2.57. The predicted octanol–water partition coefficient (Wildman–Crippen LogP) is 5.72. The van der Waals surface area contributed by atoms with Crippen LogP contribution in [0.5, 0.6) is 5.75 Å². The molecule has 0 aliphatic carbocycles. The van der Waals surface area contributed by atoms with Crippen LogP contribution in [-0.4, -0.2) is 7.11 Å². The highest BCUT2D eigenvalue weighted by molar-refractivity contribution is 9.11. The van der Waals surface area contributed by atoms with E-state index in [2.05, 4.69) is 31.9 Å². The normalized spacial score (nSPS) is 12.8. The van der Waals surface area contributed by atoms with E-state index in [9.17, 15) is 0 Å². The van der Waals surface area contributed by atoms with Crippen LogP contribution in [-0.2, 0) is 0 Å². The lowest BCUT2D eigenvalue weighted by Gasteiger charge is -2.03. The zero-order valence-electron chi connectivity index (χ0n) is 8.17. The van der Waals surface area contributed by atoms with Gasteiger partial charge in [-0.1, -0.05) is 27.5 Å². The van der Waals surface area contributed by atoms with Crippen molar-refractivity contribution in [3.05, 3.63) is 36.1 Å². The van der Waals surface area contributed by atoms with Gasteiger partial charge in [0.05, 0.1) is 20.7 Å². The molecule has 6 heteroatoms. The van der Waals surface area contributed by atoms with Crippen molar-refractivity contribution in [3.63, 3.8) is 0 Å². The molecule has 2 aromatic rings. The minimum Gasteiger partial charge on any atom is -0.496 e. The van der Waals surface area contributed by atoms with Crippen LogP contribution in [0, 0.1) is 0 Å². The van der Waals surface area contributed by atoms with Crippen LogP contribution >= 0.6 is 66.1 Å². The van der Waals surface area contributed by atoms with Crippen molar-refractivity contribution in [3.8, 4) is 5.75 Å². The summed E-state index contributed by atoms with van der Waals surface area (Å²) in [5.74, 6) is 0.895. The van der Waals surface area contributed by atoms with E-state index < -0.39 is 0 Å². The second-order valence-corrected chi connectivity index (χ2v) is 7.69. The SMILES string of the molecule is COc1csc(C(Br)c2cc(Cl)c(Br)s2)c1. The molecule has 0 aromatic carbocycles. The number of ether oxygens (including phenoxy) is 1. The number of hydrogen-bond donors (Lipinski definition) is 0. The average Bonchev–Trinajstić information content (AvgIpc) is 2.86. The van der Waals surface area contributed by atoms with Crippen molar-refractivity contribution in [1.82, 2.24) is 0 Å². The van der Waals surface area contributed by atoms with Crippen LogP contribution in [0.15, 0.2) is 21.3 Å². The summed E-state index contributed by atoms with van der Waals surface area (Å²) >= 11 is 16.4. The second kappa shape index (κ2) is 5.40. The Morgan fingerprint density at radius 2 is 2.12 bits per heavy atom. The molecule has 2 aromatic heterocycles. The fourth-order valence-electron chi connectivity index (χ4n) is 1.20. The van der Waals surface area contributed by atoms with Gasteiger partial charge < -0.3 is 4.74 Å². The van der Waals surface area contributed by atoms with Crippen molar-refractivity contribution in [2.75, 3.05) is 7.11 Å². The fraction of sp³-hybridized carbons (Fsp3) is 0.200. The lowest BCUT2D eigenvalue weighted by atomic mass is 10.3. The minimum atomic E-state index is 0.176. The number of halogens is 3. The smallest absolute Gasteiger partial charge is 0.129 e. The zero-order valence-corrected chi connectivity index (χ0v) is 13.7. The van der Waals surface area contributed by atoms with E-state index in [1.807, 2.05) is 17.5 Å². The first-order valence-corrected chi connectivity index (χ1v) is 8.11. The molecule has 0 amide bonds. The maximum atomic E-state index is 6.01. The highest BCUT2D eigenvalue weighted by atomic mass is 79.9. The largest absolute Gasteiger partial charge is 0.496 e. The molecule has 0 saturated heterocycles. The van der Waals surface area contributed by atoms with Crippen LogP contribution in [0.4, 0.5) is 0 Å². The molecule has 0 N–H and O–H groups in total. The molecule has 0 fully saturated rings. The Morgan fingerprint density at radius 3 is 2.62 bits per heavy atom. The Balaban J connectivity index is 2.27. The summed E-state index contributed by atoms with van der Waals surface area (Å²) in [7, 11) is 1.67. The second-order valence-electron chi connectivity index (χ2n) is 3.02. The lowest BCUT2D eigenvalue weighted by molar-refractivity contribution is 0.416. The topological polar surface area (TPSA) is 9.23 Å². The predicted molar refractivity (Wildman–Crippen MR) is 78.7 cm³/mol. The minimum absolute atomic E-state index is 0.176. The molecule has 16 heavy (non-hydrogen) atoms. The molecule has 0 aliphatic heterocycles. The summed E-state index contributed by atoms with van der Waals surface area (Å²) in [5, 5.41) is 2.75. The number of methoxy groups -OCH3 is 1. The van der Waals surface area contributed by atoms with Gasteiger partial charge in [0.1, 0.15) is 5.75 Å². The van der Waals surface area contributed by atoms with E-state index in [4.69, 9.17) is 16.3 Å². The van der Waals surface area contributed by atoms with Gasteiger partial charge in [-0.3, -0.25) is 0 Å². The maximum Gasteiger partial charge on any atom is 0.129 e. The number of alkyl halides is 1. The molecule has 0 bridgehead atoms. The average molecular weight is 403 g/mol. The molecule has 1 atom stereocenters. The Kier molecular flexibility index (Phi) is 4.35. The first kappa shape index (κ1) is 12.9. The Hall–Kier alpha value is 0.450. The maximum absolute atomic E-state index is 6.01. The standard InChI is InChI=1S/C10H7Br2ClOS2/c1-14-5-2-7(15-4-5)9(11)8-3-6(13)10(12)16-8/h2-4,9H,1H3. The number of thiophene rings is 2. The van der Waals surface area contributed by atoms with Crippen molar-refractivity contribution in [1.29, 1.82) is 0 Å². The van der Waals surface area contributed by atoms with E-state index in [0.29, 0.717) is 0 Å². The van der Waals surface area contributed by atoms with Crippen LogP contribution in [0.1, 0.15) is 14.6 Å². The van der Waals surface area contributed by atoms with Gasteiger partial charge in [0.2, 0.25) is 0 Å². The third-order valence-corrected chi connectivity index (χ3v) is 7.10. The van der Waals surface area contributed by atoms with Crippen molar-refractivity contribution < 1.29 is 4.74 Å². The van der Waals surface area contributed by atoms with Gasteiger partial charge >= 0.3 is 0 Å². The molecule has 0 spiro atoms. The molecule has 1 nitrogen and oxygen atoms in total. The molecule has 0 radical (unpaired) electrons. The van der Waals surface area contributed by atoms with Crippen LogP contribution in [0.25, 0.3) is 0 Å². The first-order chi connectivity index (χ1) is 7.61. The van der Waals surface area contributed by atoms with Gasteiger partial charge in [0, 0.05) is 15.1 Å². The summed E-state index contributed by atoms with van der Waals surface area (Å²) in [5.41, 5.74) is 0. The van der Waals surface area contributed by atoms with Gasteiger partial charge in [-0.2, -0.15) is 0 Å². The van der Waals surface area contributed by atoms with Crippen LogP contribution in [0.3, 0.4) is 0 Å². The Morgan fingerprint density at radius 1 is 1.38 bits per heavy atom. The molecule has 0 aliphatic rings. The third kappa shape index (κ3) is 2.64. The van der Waals surface area contributed by atoms with Crippen LogP contribution < -0.4 is 4.74 Å².